The molecule has 0 fully saturated rings. The number of aromatic nitrogens is 2. The molecule has 0 spiro atoms. The van der Waals surface area contributed by atoms with Gasteiger partial charge in [-0.1, -0.05) is 30.3 Å². The van der Waals surface area contributed by atoms with E-state index in [0.29, 0.717) is 17.1 Å². The predicted molar refractivity (Wildman–Crippen MR) is 106 cm³/mol. The van der Waals surface area contributed by atoms with Crippen LogP contribution in [0.1, 0.15) is 23.5 Å². The number of nitrogens with zero attached hydrogens (tertiary/aromatic N) is 1. The van der Waals surface area contributed by atoms with Gasteiger partial charge in [0.2, 0.25) is 11.8 Å². The number of para-hydroxylation sites is 1. The van der Waals surface area contributed by atoms with Crippen LogP contribution >= 0.6 is 0 Å². The van der Waals surface area contributed by atoms with Crippen LogP contribution in [0, 0.1) is 6.92 Å². The highest BCUT2D eigenvalue weighted by molar-refractivity contribution is 6.05. The topological polar surface area (TPSA) is 104 Å². The summed E-state index contributed by atoms with van der Waals surface area (Å²) < 4.78 is 0. The monoisotopic (exact) mass is 374 g/mol. The van der Waals surface area contributed by atoms with Crippen LogP contribution in [0.25, 0.3) is 11.3 Å². The van der Waals surface area contributed by atoms with Crippen molar-refractivity contribution in [2.45, 2.75) is 19.3 Å². The molecular formula is C21H18N4O3. The molecule has 2 heterocycles. The highest BCUT2D eigenvalue weighted by atomic mass is 16.2. The summed E-state index contributed by atoms with van der Waals surface area (Å²) in [7, 11) is 0. The van der Waals surface area contributed by atoms with Gasteiger partial charge in [0.05, 0.1) is 11.6 Å². The van der Waals surface area contributed by atoms with E-state index in [4.69, 9.17) is 0 Å². The Kier molecular flexibility index (Phi) is 4.49. The maximum Gasteiger partial charge on any atom is 0.264 e. The third-order valence-corrected chi connectivity index (χ3v) is 4.79. The van der Waals surface area contributed by atoms with Crippen LogP contribution in [0.4, 0.5) is 11.4 Å². The lowest BCUT2D eigenvalue weighted by molar-refractivity contribution is -0.123. The van der Waals surface area contributed by atoms with E-state index in [1.54, 1.807) is 12.1 Å². The molecule has 2 aromatic carbocycles. The summed E-state index contributed by atoms with van der Waals surface area (Å²) in [5, 5.41) is 12.2. The van der Waals surface area contributed by atoms with Crippen molar-refractivity contribution in [1.82, 2.24) is 10.2 Å². The molecule has 1 aliphatic rings. The number of aromatic amines is 1. The van der Waals surface area contributed by atoms with Crippen molar-refractivity contribution >= 4 is 23.2 Å². The zero-order valence-electron chi connectivity index (χ0n) is 15.2. The molecule has 0 saturated heterocycles. The van der Waals surface area contributed by atoms with Gasteiger partial charge in [-0.05, 0) is 36.2 Å². The van der Waals surface area contributed by atoms with Gasteiger partial charge in [0.15, 0.2) is 0 Å². The molecule has 0 aliphatic carbocycles. The molecule has 4 rings (SSSR count). The normalized spacial score (nSPS) is 15.5. The number of carbonyl (C=O) groups is 2. The number of aryl methyl sites for hydroxylation is 1. The molecule has 7 nitrogen and oxygen atoms in total. The number of benzene rings is 2. The minimum Gasteiger partial charge on any atom is -0.326 e. The number of nitrogens with one attached hydrogen (secondary N) is 3. The second-order valence-corrected chi connectivity index (χ2v) is 6.72. The van der Waals surface area contributed by atoms with Crippen LogP contribution in [-0.2, 0) is 9.59 Å². The Morgan fingerprint density at radius 3 is 2.71 bits per heavy atom. The lowest BCUT2D eigenvalue weighted by Gasteiger charge is -2.25. The summed E-state index contributed by atoms with van der Waals surface area (Å²) in [6.45, 7) is 1.89. The molecule has 28 heavy (non-hydrogen) atoms. The number of fused-ring (bicyclic) bond motifs is 1. The summed E-state index contributed by atoms with van der Waals surface area (Å²) in [5.74, 6) is -0.974. The molecule has 2 amide bonds. The number of anilines is 2. The van der Waals surface area contributed by atoms with Gasteiger partial charge in [-0.3, -0.25) is 14.4 Å². The molecule has 0 bridgehead atoms. The molecule has 140 valence electrons. The fourth-order valence-corrected chi connectivity index (χ4v) is 3.29. The van der Waals surface area contributed by atoms with E-state index < -0.39 is 5.92 Å². The fraction of sp³-hybridized carbons (Fsp3) is 0.143. The average molecular weight is 374 g/mol. The first-order valence-corrected chi connectivity index (χ1v) is 8.87. The molecule has 1 aliphatic heterocycles. The first-order chi connectivity index (χ1) is 13.5. The lowest BCUT2D eigenvalue weighted by atomic mass is 9.89. The summed E-state index contributed by atoms with van der Waals surface area (Å²) in [6.07, 6.45) is 0.100. The molecule has 7 heteroatoms. The van der Waals surface area contributed by atoms with Crippen molar-refractivity contribution in [2.75, 3.05) is 10.6 Å². The van der Waals surface area contributed by atoms with Crippen LogP contribution in [0.3, 0.4) is 0 Å². The molecule has 1 aromatic heterocycles. The van der Waals surface area contributed by atoms with E-state index in [1.165, 1.54) is 6.07 Å². The summed E-state index contributed by atoms with van der Waals surface area (Å²) in [4.78, 5) is 36.2. The zero-order chi connectivity index (χ0) is 19.7. The molecule has 3 aromatic rings. The van der Waals surface area contributed by atoms with Crippen LogP contribution in [0.5, 0.6) is 0 Å². The van der Waals surface area contributed by atoms with Gasteiger partial charge in [-0.2, -0.15) is 5.10 Å². The molecular weight excluding hydrogens is 356 g/mol. The van der Waals surface area contributed by atoms with Crippen LogP contribution in [-0.4, -0.2) is 22.0 Å². The number of H-pyrrole nitrogens is 1. The first kappa shape index (κ1) is 17.7. The Hall–Kier alpha value is -3.74. The smallest absolute Gasteiger partial charge is 0.264 e. The highest BCUT2D eigenvalue weighted by Gasteiger charge is 2.30. The standard InChI is InChI=1S/C21H18N4O3/c1-12-6-7-13(16-8-9-19(26)25-24-16)10-18(12)23-21(28)15-11-20(27)22-17-5-3-2-4-14(15)17/h2-10,15H,11H2,1H3,(H,22,27)(H,23,28)(H,25,26). The summed E-state index contributed by atoms with van der Waals surface area (Å²) >= 11 is 0. The maximum atomic E-state index is 13.0. The van der Waals surface area contributed by atoms with Crippen LogP contribution < -0.4 is 16.2 Å². The third-order valence-electron chi connectivity index (χ3n) is 4.79. The average Bonchev–Trinajstić information content (AvgIpc) is 2.69. The van der Waals surface area contributed by atoms with E-state index in [0.717, 1.165) is 16.7 Å². The Morgan fingerprint density at radius 1 is 1.11 bits per heavy atom. The SMILES string of the molecule is Cc1ccc(-c2ccc(=O)[nH]n2)cc1NC(=O)C1CC(=O)Nc2ccccc21. The van der Waals surface area contributed by atoms with Gasteiger partial charge in [0.1, 0.15) is 0 Å². The fourth-order valence-electron chi connectivity index (χ4n) is 3.29. The van der Waals surface area contributed by atoms with E-state index >= 15 is 0 Å². The van der Waals surface area contributed by atoms with Gasteiger partial charge < -0.3 is 10.6 Å². The summed E-state index contributed by atoms with van der Waals surface area (Å²) in [5.41, 5.74) is 4.07. The largest absolute Gasteiger partial charge is 0.326 e. The Balaban J connectivity index is 1.63. The van der Waals surface area contributed by atoms with Crippen LogP contribution in [0.15, 0.2) is 59.4 Å². The molecule has 0 saturated carbocycles. The second-order valence-electron chi connectivity index (χ2n) is 6.72. The minimum absolute atomic E-state index is 0.100. The van der Waals surface area contributed by atoms with E-state index in [2.05, 4.69) is 20.8 Å². The van der Waals surface area contributed by atoms with E-state index in [-0.39, 0.29) is 23.8 Å². The zero-order valence-corrected chi connectivity index (χ0v) is 15.2. The lowest BCUT2D eigenvalue weighted by Crippen LogP contribution is -2.30. The summed E-state index contributed by atoms with van der Waals surface area (Å²) in [6, 6.07) is 15.9. The Morgan fingerprint density at radius 2 is 1.93 bits per heavy atom. The van der Waals surface area contributed by atoms with Crippen molar-refractivity contribution in [1.29, 1.82) is 0 Å². The van der Waals surface area contributed by atoms with Crippen molar-refractivity contribution in [2.24, 2.45) is 0 Å². The minimum atomic E-state index is -0.556. The quantitative estimate of drug-likeness (QED) is 0.656. The number of amides is 2. The number of rotatable bonds is 3. The van der Waals surface area contributed by atoms with Gasteiger partial charge in [0, 0.05) is 29.4 Å². The van der Waals surface area contributed by atoms with Gasteiger partial charge in [-0.15, -0.1) is 0 Å². The van der Waals surface area contributed by atoms with Gasteiger partial charge in [0.25, 0.3) is 5.56 Å². The van der Waals surface area contributed by atoms with E-state index in [9.17, 15) is 14.4 Å². The first-order valence-electron chi connectivity index (χ1n) is 8.87. The Labute approximate surface area is 160 Å². The second kappa shape index (κ2) is 7.11. The van der Waals surface area contributed by atoms with Crippen molar-refractivity contribution in [3.8, 4) is 11.3 Å². The van der Waals surface area contributed by atoms with E-state index in [1.807, 2.05) is 43.3 Å². The van der Waals surface area contributed by atoms with Crippen molar-refractivity contribution in [3.63, 3.8) is 0 Å². The van der Waals surface area contributed by atoms with Crippen LogP contribution in [0.2, 0.25) is 0 Å². The molecule has 3 N–H and O–H groups in total. The van der Waals surface area contributed by atoms with Crippen molar-refractivity contribution in [3.05, 3.63) is 76.1 Å². The molecule has 1 atom stereocenters. The van der Waals surface area contributed by atoms with Gasteiger partial charge in [-0.25, -0.2) is 5.10 Å². The van der Waals surface area contributed by atoms with Crippen molar-refractivity contribution < 1.29 is 9.59 Å². The van der Waals surface area contributed by atoms with Gasteiger partial charge >= 0.3 is 0 Å². The number of hydrogen-bond donors (Lipinski definition) is 3. The maximum absolute atomic E-state index is 13.0. The number of hydrogen-bond acceptors (Lipinski definition) is 4. The number of carbonyl (C=O) groups excluding carboxylic acids is 2. The third kappa shape index (κ3) is 3.42. The molecule has 0 radical (unpaired) electrons. The molecule has 1 unspecified atom stereocenters. The highest BCUT2D eigenvalue weighted by Crippen LogP contribution is 2.33. The predicted octanol–water partition coefficient (Wildman–Crippen LogP) is 2.81. The Bertz CT molecular complexity index is 1120.